The third-order valence-corrected chi connectivity index (χ3v) is 2.91. The van der Waals surface area contributed by atoms with Gasteiger partial charge in [0.05, 0.1) is 12.6 Å². The fraction of sp³-hybridized carbons (Fsp3) is 0.400. The molecule has 1 atom stereocenters. The van der Waals surface area contributed by atoms with Crippen molar-refractivity contribution in [2.75, 3.05) is 23.7 Å². The minimum atomic E-state index is -0.635. The van der Waals surface area contributed by atoms with E-state index in [0.29, 0.717) is 17.9 Å². The summed E-state index contributed by atoms with van der Waals surface area (Å²) in [5, 5.41) is 5.33. The van der Waals surface area contributed by atoms with Gasteiger partial charge in [0.15, 0.2) is 0 Å². The summed E-state index contributed by atoms with van der Waals surface area (Å²) >= 11 is 0. The molecule has 0 bridgehead atoms. The molecule has 0 saturated heterocycles. The van der Waals surface area contributed by atoms with Gasteiger partial charge in [-0.25, -0.2) is 0 Å². The van der Waals surface area contributed by atoms with Crippen LogP contribution < -0.4 is 16.4 Å². The molecule has 0 aliphatic heterocycles. The quantitative estimate of drug-likeness (QED) is 0.722. The lowest BCUT2D eigenvalue weighted by Gasteiger charge is -2.22. The Bertz CT molecular complexity index is 546. The Kier molecular flexibility index (Phi) is 8.90. The molecule has 0 aliphatic rings. The number of halogens is 1. The lowest BCUT2D eigenvalue weighted by molar-refractivity contribution is -0.135. The molecule has 3 amide bonds. The van der Waals surface area contributed by atoms with E-state index < -0.39 is 6.04 Å². The van der Waals surface area contributed by atoms with Crippen molar-refractivity contribution in [1.29, 1.82) is 0 Å². The van der Waals surface area contributed by atoms with Crippen LogP contribution in [0.15, 0.2) is 24.3 Å². The second-order valence-corrected chi connectivity index (χ2v) is 4.95. The molecule has 0 aliphatic carbocycles. The highest BCUT2D eigenvalue weighted by atomic mass is 35.5. The first-order valence-corrected chi connectivity index (χ1v) is 7.05. The Labute approximate surface area is 142 Å². The molecule has 7 nitrogen and oxygen atoms in total. The standard InChI is InChI=1S/C15H22N4O3.ClH/c1-4-19(15(22)10(2)16)9-14(21)18-13-7-5-12(6-8-13)17-11(3)20;/h5-8,10H,4,9,16H2,1-3H3,(H,17,20)(H,18,21);1H. The van der Waals surface area contributed by atoms with E-state index in [1.165, 1.54) is 11.8 Å². The van der Waals surface area contributed by atoms with Gasteiger partial charge >= 0.3 is 0 Å². The monoisotopic (exact) mass is 342 g/mol. The van der Waals surface area contributed by atoms with Crippen LogP contribution in [-0.4, -0.2) is 41.8 Å². The van der Waals surface area contributed by atoms with Gasteiger partial charge in [-0.2, -0.15) is 0 Å². The van der Waals surface area contributed by atoms with Crippen molar-refractivity contribution in [2.24, 2.45) is 5.73 Å². The van der Waals surface area contributed by atoms with Crippen molar-refractivity contribution in [3.05, 3.63) is 24.3 Å². The molecule has 1 unspecified atom stereocenters. The zero-order valence-corrected chi connectivity index (χ0v) is 14.3. The molecule has 4 N–H and O–H groups in total. The molecular weight excluding hydrogens is 320 g/mol. The number of carbonyl (C=O) groups is 3. The Morgan fingerprint density at radius 1 is 1.13 bits per heavy atom. The fourth-order valence-corrected chi connectivity index (χ4v) is 1.85. The second kappa shape index (κ2) is 9.81. The van der Waals surface area contributed by atoms with E-state index in [4.69, 9.17) is 5.73 Å². The van der Waals surface area contributed by atoms with Crippen molar-refractivity contribution in [3.63, 3.8) is 0 Å². The minimum Gasteiger partial charge on any atom is -0.332 e. The van der Waals surface area contributed by atoms with Crippen molar-refractivity contribution in [2.45, 2.75) is 26.8 Å². The number of nitrogens with zero attached hydrogens (tertiary/aromatic N) is 1. The maximum Gasteiger partial charge on any atom is 0.243 e. The van der Waals surface area contributed by atoms with Crippen LogP contribution in [0.4, 0.5) is 11.4 Å². The summed E-state index contributed by atoms with van der Waals surface area (Å²) in [7, 11) is 0. The molecule has 0 saturated carbocycles. The van der Waals surface area contributed by atoms with Crippen LogP contribution in [0.3, 0.4) is 0 Å². The topological polar surface area (TPSA) is 105 Å². The van der Waals surface area contributed by atoms with Crippen molar-refractivity contribution in [3.8, 4) is 0 Å². The molecule has 0 fully saturated rings. The van der Waals surface area contributed by atoms with Gasteiger partial charge in [0.2, 0.25) is 17.7 Å². The number of hydrogen-bond acceptors (Lipinski definition) is 4. The Hall–Kier alpha value is -2.12. The summed E-state index contributed by atoms with van der Waals surface area (Å²) in [6, 6.07) is 6.08. The van der Waals surface area contributed by atoms with E-state index in [2.05, 4.69) is 10.6 Å². The fourth-order valence-electron chi connectivity index (χ4n) is 1.85. The summed E-state index contributed by atoms with van der Waals surface area (Å²) in [5.74, 6) is -0.730. The predicted molar refractivity (Wildman–Crippen MR) is 92.5 cm³/mol. The van der Waals surface area contributed by atoms with Gasteiger partial charge in [0, 0.05) is 24.8 Å². The molecule has 0 spiro atoms. The SMILES string of the molecule is CCN(CC(=O)Nc1ccc(NC(C)=O)cc1)C(=O)C(C)N.Cl. The van der Waals surface area contributed by atoms with Crippen LogP contribution in [0.25, 0.3) is 0 Å². The predicted octanol–water partition coefficient (Wildman–Crippen LogP) is 1.20. The summed E-state index contributed by atoms with van der Waals surface area (Å²) < 4.78 is 0. The summed E-state index contributed by atoms with van der Waals surface area (Å²) in [6.45, 7) is 5.16. The van der Waals surface area contributed by atoms with Crippen molar-refractivity contribution in [1.82, 2.24) is 4.90 Å². The minimum absolute atomic E-state index is 0. The van der Waals surface area contributed by atoms with E-state index in [9.17, 15) is 14.4 Å². The van der Waals surface area contributed by atoms with E-state index >= 15 is 0 Å². The van der Waals surface area contributed by atoms with Crippen LogP contribution >= 0.6 is 12.4 Å². The lowest BCUT2D eigenvalue weighted by atomic mass is 10.2. The molecule has 1 aromatic rings. The molecule has 0 heterocycles. The Morgan fingerprint density at radius 3 is 2.00 bits per heavy atom. The van der Waals surface area contributed by atoms with Crippen LogP contribution in [0.2, 0.25) is 0 Å². The number of likely N-dealkylation sites (N-methyl/N-ethyl adjacent to an activating group) is 1. The molecule has 0 aromatic heterocycles. The van der Waals surface area contributed by atoms with Crippen LogP contribution in [-0.2, 0) is 14.4 Å². The molecule has 8 heteroatoms. The van der Waals surface area contributed by atoms with E-state index in [1.807, 2.05) is 0 Å². The number of anilines is 2. The van der Waals surface area contributed by atoms with E-state index in [1.54, 1.807) is 38.1 Å². The summed E-state index contributed by atoms with van der Waals surface area (Å²) in [5.41, 5.74) is 6.77. The second-order valence-electron chi connectivity index (χ2n) is 4.95. The lowest BCUT2D eigenvalue weighted by Crippen LogP contribution is -2.45. The van der Waals surface area contributed by atoms with Crippen LogP contribution in [0.5, 0.6) is 0 Å². The highest BCUT2D eigenvalue weighted by molar-refractivity contribution is 5.95. The number of hydrogen-bond donors (Lipinski definition) is 3. The smallest absolute Gasteiger partial charge is 0.243 e. The highest BCUT2D eigenvalue weighted by Gasteiger charge is 2.18. The first-order valence-electron chi connectivity index (χ1n) is 7.05. The Morgan fingerprint density at radius 2 is 1.61 bits per heavy atom. The van der Waals surface area contributed by atoms with Gasteiger partial charge in [-0.05, 0) is 38.1 Å². The molecule has 1 aromatic carbocycles. The van der Waals surface area contributed by atoms with Gasteiger partial charge in [-0.1, -0.05) is 0 Å². The van der Waals surface area contributed by atoms with Gasteiger partial charge in [0.25, 0.3) is 0 Å². The first kappa shape index (κ1) is 20.9. The number of carbonyl (C=O) groups excluding carboxylic acids is 3. The molecule has 1 rings (SSSR count). The number of benzene rings is 1. The van der Waals surface area contributed by atoms with E-state index in [0.717, 1.165) is 0 Å². The molecule has 23 heavy (non-hydrogen) atoms. The van der Waals surface area contributed by atoms with Crippen LogP contribution in [0.1, 0.15) is 20.8 Å². The highest BCUT2D eigenvalue weighted by Crippen LogP contribution is 2.13. The van der Waals surface area contributed by atoms with Gasteiger partial charge < -0.3 is 21.3 Å². The van der Waals surface area contributed by atoms with Crippen molar-refractivity contribution >= 4 is 41.5 Å². The third kappa shape index (κ3) is 7.12. The largest absolute Gasteiger partial charge is 0.332 e. The van der Waals surface area contributed by atoms with Gasteiger partial charge in [-0.15, -0.1) is 12.4 Å². The number of amides is 3. The maximum absolute atomic E-state index is 12.0. The molecular formula is C15H23ClN4O3. The summed E-state index contributed by atoms with van der Waals surface area (Å²) in [6.07, 6.45) is 0. The summed E-state index contributed by atoms with van der Waals surface area (Å²) in [4.78, 5) is 36.1. The zero-order valence-electron chi connectivity index (χ0n) is 13.5. The average molecular weight is 343 g/mol. The number of rotatable bonds is 6. The van der Waals surface area contributed by atoms with Crippen molar-refractivity contribution < 1.29 is 14.4 Å². The van der Waals surface area contributed by atoms with Gasteiger partial charge in [0.1, 0.15) is 0 Å². The zero-order chi connectivity index (χ0) is 16.7. The van der Waals surface area contributed by atoms with E-state index in [-0.39, 0.29) is 36.7 Å². The molecule has 0 radical (unpaired) electrons. The number of nitrogens with two attached hydrogens (primary N) is 1. The average Bonchev–Trinajstić information content (AvgIpc) is 2.45. The Balaban J connectivity index is 0.00000484. The third-order valence-electron chi connectivity index (χ3n) is 2.91. The molecule has 128 valence electrons. The number of nitrogens with one attached hydrogen (secondary N) is 2. The first-order chi connectivity index (χ1) is 10.3. The van der Waals surface area contributed by atoms with Crippen LogP contribution in [0, 0.1) is 0 Å². The normalized spacial score (nSPS) is 11.0. The van der Waals surface area contributed by atoms with Gasteiger partial charge in [-0.3, -0.25) is 14.4 Å². The maximum atomic E-state index is 12.0.